The second kappa shape index (κ2) is 6.58. The van der Waals surface area contributed by atoms with Gasteiger partial charge in [-0.2, -0.15) is 0 Å². The van der Waals surface area contributed by atoms with Crippen molar-refractivity contribution in [3.05, 3.63) is 29.8 Å². The van der Waals surface area contributed by atoms with E-state index in [1.165, 1.54) is 5.56 Å². The fourth-order valence-electron chi connectivity index (χ4n) is 1.35. The van der Waals surface area contributed by atoms with Gasteiger partial charge in [-0.1, -0.05) is 27.6 Å². The molecule has 0 saturated carbocycles. The van der Waals surface area contributed by atoms with Crippen molar-refractivity contribution in [2.24, 2.45) is 0 Å². The molecule has 0 fully saturated rings. The monoisotopic (exact) mass is 223 g/mol. The predicted octanol–water partition coefficient (Wildman–Crippen LogP) is 2.82. The molecule has 0 aliphatic heterocycles. The fourth-order valence-corrected chi connectivity index (χ4v) is 2.47. The minimum Gasteiger partial charge on any atom is -0.399 e. The summed E-state index contributed by atoms with van der Waals surface area (Å²) in [7, 11) is 0.465. The largest absolute Gasteiger partial charge is 0.399 e. The van der Waals surface area contributed by atoms with Gasteiger partial charge < -0.3 is 5.73 Å². The Morgan fingerprint density at radius 2 is 2.00 bits per heavy atom. The first-order valence-electron chi connectivity index (χ1n) is 5.33. The van der Waals surface area contributed by atoms with E-state index in [1.54, 1.807) is 0 Å². The summed E-state index contributed by atoms with van der Waals surface area (Å²) in [6.45, 7) is 2.04. The van der Waals surface area contributed by atoms with Crippen LogP contribution in [0.1, 0.15) is 25.3 Å². The van der Waals surface area contributed by atoms with Crippen LogP contribution in [0.3, 0.4) is 0 Å². The third-order valence-corrected chi connectivity index (χ3v) is 3.34. The molecule has 1 aromatic rings. The van der Waals surface area contributed by atoms with E-state index < -0.39 is 0 Å². The molecule has 0 bridgehead atoms. The maximum Gasteiger partial charge on any atom is 0.151 e. The van der Waals surface area contributed by atoms with Crippen LogP contribution in [0.5, 0.6) is 0 Å². The fraction of sp³-hybridized carbons (Fsp3) is 0.417. The number of nitrogen functional groups attached to an aromatic ring is 1. The quantitative estimate of drug-likeness (QED) is 0.595. The van der Waals surface area contributed by atoms with E-state index in [4.69, 9.17) is 5.73 Å². The molecular formula is C12H18NOP. The molecule has 0 saturated heterocycles. The van der Waals surface area contributed by atoms with Crippen molar-refractivity contribution in [1.82, 2.24) is 0 Å². The smallest absolute Gasteiger partial charge is 0.151 e. The topological polar surface area (TPSA) is 43.1 Å². The summed E-state index contributed by atoms with van der Waals surface area (Å²) < 4.78 is 0. The number of aryl methyl sites for hydroxylation is 1. The number of hydrogen-bond donors (Lipinski definition) is 1. The molecule has 2 N–H and O–H groups in total. The number of hydrogen-bond acceptors (Lipinski definition) is 2. The summed E-state index contributed by atoms with van der Waals surface area (Å²) in [5.41, 5.74) is 8.06. The third kappa shape index (κ3) is 4.94. The van der Waals surface area contributed by atoms with Gasteiger partial charge in [0.05, 0.1) is 0 Å². The van der Waals surface area contributed by atoms with Crippen LogP contribution >= 0.6 is 8.58 Å². The minimum absolute atomic E-state index is 0.410. The lowest BCUT2D eigenvalue weighted by Gasteiger charge is -2.01. The number of carbonyl (C=O) groups excluding carboxylic acids is 1. The SMILES string of the molecule is CCCC(=O)PCCc1ccc(N)cc1. The zero-order valence-corrected chi connectivity index (χ0v) is 10.1. The number of nitrogens with two attached hydrogens (primary N) is 1. The van der Waals surface area contributed by atoms with Crippen molar-refractivity contribution in [1.29, 1.82) is 0 Å². The number of rotatable bonds is 6. The second-order valence-electron chi connectivity index (χ2n) is 3.59. The third-order valence-electron chi connectivity index (χ3n) is 2.19. The Labute approximate surface area is 93.0 Å². The van der Waals surface area contributed by atoms with Crippen LogP contribution in [0.15, 0.2) is 24.3 Å². The van der Waals surface area contributed by atoms with Gasteiger partial charge in [0.25, 0.3) is 0 Å². The minimum atomic E-state index is 0.410. The summed E-state index contributed by atoms with van der Waals surface area (Å²) in [5.74, 6) is 0. The highest BCUT2D eigenvalue weighted by Crippen LogP contribution is 2.17. The molecule has 0 aromatic heterocycles. The Morgan fingerprint density at radius 3 is 2.60 bits per heavy atom. The zero-order chi connectivity index (χ0) is 11.1. The second-order valence-corrected chi connectivity index (χ2v) is 5.00. The van der Waals surface area contributed by atoms with E-state index in [0.29, 0.717) is 14.1 Å². The van der Waals surface area contributed by atoms with Crippen LogP contribution in [0.2, 0.25) is 0 Å². The lowest BCUT2D eigenvalue weighted by molar-refractivity contribution is -0.111. The van der Waals surface area contributed by atoms with E-state index in [0.717, 1.165) is 31.1 Å². The van der Waals surface area contributed by atoms with Gasteiger partial charge in [0.2, 0.25) is 0 Å². The van der Waals surface area contributed by atoms with E-state index in [9.17, 15) is 4.79 Å². The molecule has 3 heteroatoms. The first kappa shape index (κ1) is 12.2. The first-order valence-corrected chi connectivity index (χ1v) is 6.54. The lowest BCUT2D eigenvalue weighted by atomic mass is 10.2. The zero-order valence-electron chi connectivity index (χ0n) is 9.12. The molecule has 82 valence electrons. The molecule has 1 aromatic carbocycles. The van der Waals surface area contributed by atoms with Gasteiger partial charge >= 0.3 is 0 Å². The van der Waals surface area contributed by atoms with Crippen LogP contribution in [-0.4, -0.2) is 11.7 Å². The number of anilines is 1. The molecule has 0 amide bonds. The van der Waals surface area contributed by atoms with Gasteiger partial charge in [0.1, 0.15) is 0 Å². The predicted molar refractivity (Wildman–Crippen MR) is 67.7 cm³/mol. The van der Waals surface area contributed by atoms with Gasteiger partial charge in [-0.25, -0.2) is 0 Å². The number of carbonyl (C=O) groups is 1. The standard InChI is InChI=1S/C12H18NOP/c1-2-3-12(14)15-9-8-10-4-6-11(13)7-5-10/h4-7,15H,2-3,8-9,13H2,1H3. The Kier molecular flexibility index (Phi) is 5.34. The molecule has 1 atom stereocenters. The summed E-state index contributed by atoms with van der Waals surface area (Å²) in [6.07, 6.45) is 3.66. The summed E-state index contributed by atoms with van der Waals surface area (Å²) >= 11 is 0. The molecule has 0 spiro atoms. The highest BCUT2D eigenvalue weighted by atomic mass is 31.1. The van der Waals surface area contributed by atoms with Crippen LogP contribution < -0.4 is 5.73 Å². The van der Waals surface area contributed by atoms with Crippen molar-refractivity contribution < 1.29 is 4.79 Å². The van der Waals surface area contributed by atoms with Crippen molar-refractivity contribution in [3.63, 3.8) is 0 Å². The van der Waals surface area contributed by atoms with Gasteiger partial charge in [-0.3, -0.25) is 4.79 Å². The Balaban J connectivity index is 2.26. The average Bonchev–Trinajstić information content (AvgIpc) is 2.21. The molecule has 0 aliphatic rings. The van der Waals surface area contributed by atoms with E-state index >= 15 is 0 Å². The summed E-state index contributed by atoms with van der Waals surface area (Å²) in [5, 5.41) is 0. The summed E-state index contributed by atoms with van der Waals surface area (Å²) in [4.78, 5) is 11.3. The van der Waals surface area contributed by atoms with Crippen LogP contribution in [0.4, 0.5) is 5.69 Å². The molecule has 0 radical (unpaired) electrons. The highest BCUT2D eigenvalue weighted by Gasteiger charge is 2.00. The van der Waals surface area contributed by atoms with E-state index in [1.807, 2.05) is 31.2 Å². The van der Waals surface area contributed by atoms with Gasteiger partial charge in [-0.05, 0) is 36.7 Å². The van der Waals surface area contributed by atoms with Crippen molar-refractivity contribution in [2.45, 2.75) is 26.2 Å². The van der Waals surface area contributed by atoms with Crippen molar-refractivity contribution in [3.8, 4) is 0 Å². The maximum atomic E-state index is 11.3. The molecule has 15 heavy (non-hydrogen) atoms. The molecule has 0 heterocycles. The summed E-state index contributed by atoms with van der Waals surface area (Å²) in [6, 6.07) is 7.88. The van der Waals surface area contributed by atoms with Crippen LogP contribution in [-0.2, 0) is 11.2 Å². The van der Waals surface area contributed by atoms with E-state index in [-0.39, 0.29) is 0 Å². The molecule has 1 unspecified atom stereocenters. The van der Waals surface area contributed by atoms with Crippen LogP contribution in [0.25, 0.3) is 0 Å². The Morgan fingerprint density at radius 1 is 1.33 bits per heavy atom. The Hall–Kier alpha value is -0.880. The molecular weight excluding hydrogens is 205 g/mol. The van der Waals surface area contributed by atoms with Crippen molar-refractivity contribution >= 4 is 19.8 Å². The van der Waals surface area contributed by atoms with Gasteiger partial charge in [0, 0.05) is 12.1 Å². The molecule has 0 aliphatic carbocycles. The molecule has 2 nitrogen and oxygen atoms in total. The van der Waals surface area contributed by atoms with Crippen LogP contribution in [0, 0.1) is 0 Å². The highest BCUT2D eigenvalue weighted by molar-refractivity contribution is 7.57. The van der Waals surface area contributed by atoms with Crippen molar-refractivity contribution in [2.75, 3.05) is 11.9 Å². The Bertz CT molecular complexity index is 308. The van der Waals surface area contributed by atoms with Gasteiger partial charge in [-0.15, -0.1) is 0 Å². The molecule has 1 rings (SSSR count). The van der Waals surface area contributed by atoms with Gasteiger partial charge in [0.15, 0.2) is 5.52 Å². The van der Waals surface area contributed by atoms with E-state index in [2.05, 4.69) is 0 Å². The lowest BCUT2D eigenvalue weighted by Crippen LogP contribution is -1.93. The average molecular weight is 223 g/mol. The number of benzene rings is 1. The maximum absolute atomic E-state index is 11.3. The first-order chi connectivity index (χ1) is 7.22. The normalized spacial score (nSPS) is 11.0.